The van der Waals surface area contributed by atoms with Crippen molar-refractivity contribution in [2.24, 2.45) is 5.73 Å². The molecule has 0 radical (unpaired) electrons. The lowest BCUT2D eigenvalue weighted by molar-refractivity contribution is -0.149. The third-order valence-corrected chi connectivity index (χ3v) is 1.62. The summed E-state index contributed by atoms with van der Waals surface area (Å²) in [6, 6.07) is 0. The summed E-state index contributed by atoms with van der Waals surface area (Å²) in [6.07, 6.45) is 0.507. The summed E-state index contributed by atoms with van der Waals surface area (Å²) in [5, 5.41) is 0. The Hall–Kier alpha value is -0.610. The van der Waals surface area contributed by atoms with Gasteiger partial charge in [-0.2, -0.15) is 0 Å². The standard InChI is InChI=1S/C7H15NO3/c1-4-7(8,5-10-2)6(9)11-3/h4-5,8H2,1-3H3/t7-/m1/s1. The normalized spacial score (nSPS) is 15.6. The van der Waals surface area contributed by atoms with E-state index in [1.165, 1.54) is 14.2 Å². The summed E-state index contributed by atoms with van der Waals surface area (Å²) in [6.45, 7) is 2.01. The van der Waals surface area contributed by atoms with Gasteiger partial charge in [-0.15, -0.1) is 0 Å². The fourth-order valence-electron chi connectivity index (χ4n) is 0.766. The predicted octanol–water partition coefficient (Wildman–Crippen LogP) is -0.0867. The second kappa shape index (κ2) is 4.31. The average molecular weight is 161 g/mol. The number of carbonyl (C=O) groups excluding carboxylic acids is 1. The molecule has 11 heavy (non-hydrogen) atoms. The number of methoxy groups -OCH3 is 2. The summed E-state index contributed by atoms with van der Waals surface area (Å²) in [7, 11) is 2.81. The van der Waals surface area contributed by atoms with E-state index in [2.05, 4.69) is 4.74 Å². The van der Waals surface area contributed by atoms with E-state index in [1.54, 1.807) is 0 Å². The monoisotopic (exact) mass is 161 g/mol. The average Bonchev–Trinajstić information content (AvgIpc) is 2.03. The summed E-state index contributed by atoms with van der Waals surface area (Å²) >= 11 is 0. The van der Waals surface area contributed by atoms with Crippen LogP contribution < -0.4 is 5.73 Å². The summed E-state index contributed by atoms with van der Waals surface area (Å²) in [4.78, 5) is 11.0. The maximum atomic E-state index is 11.0. The minimum absolute atomic E-state index is 0.191. The Labute approximate surface area is 66.7 Å². The molecule has 0 aromatic carbocycles. The first kappa shape index (κ1) is 10.4. The maximum Gasteiger partial charge on any atom is 0.328 e. The molecule has 0 saturated carbocycles. The number of ether oxygens (including phenoxy) is 2. The third-order valence-electron chi connectivity index (χ3n) is 1.62. The molecule has 0 aliphatic rings. The van der Waals surface area contributed by atoms with Crippen molar-refractivity contribution >= 4 is 5.97 Å². The van der Waals surface area contributed by atoms with Crippen LogP contribution in [0.2, 0.25) is 0 Å². The van der Waals surface area contributed by atoms with Crippen molar-refractivity contribution in [3.63, 3.8) is 0 Å². The van der Waals surface area contributed by atoms with Crippen LogP contribution in [-0.2, 0) is 14.3 Å². The molecule has 66 valence electrons. The summed E-state index contributed by atoms with van der Waals surface area (Å²) in [5.74, 6) is -0.429. The smallest absolute Gasteiger partial charge is 0.328 e. The molecule has 0 heterocycles. The van der Waals surface area contributed by atoms with E-state index >= 15 is 0 Å². The first-order valence-corrected chi connectivity index (χ1v) is 3.47. The minimum atomic E-state index is -0.983. The van der Waals surface area contributed by atoms with Crippen molar-refractivity contribution in [1.82, 2.24) is 0 Å². The van der Waals surface area contributed by atoms with Gasteiger partial charge in [0.1, 0.15) is 5.54 Å². The zero-order valence-electron chi connectivity index (χ0n) is 7.22. The van der Waals surface area contributed by atoms with Gasteiger partial charge in [0.2, 0.25) is 0 Å². The van der Waals surface area contributed by atoms with Crippen molar-refractivity contribution in [3.8, 4) is 0 Å². The first-order chi connectivity index (χ1) is 5.10. The van der Waals surface area contributed by atoms with Crippen LogP contribution in [0.5, 0.6) is 0 Å². The number of hydrogen-bond acceptors (Lipinski definition) is 4. The Morgan fingerprint density at radius 2 is 2.09 bits per heavy atom. The number of carbonyl (C=O) groups is 1. The van der Waals surface area contributed by atoms with Gasteiger partial charge in [0.25, 0.3) is 0 Å². The molecule has 1 atom stereocenters. The van der Waals surface area contributed by atoms with Gasteiger partial charge < -0.3 is 15.2 Å². The predicted molar refractivity (Wildman–Crippen MR) is 41.1 cm³/mol. The van der Waals surface area contributed by atoms with E-state index in [-0.39, 0.29) is 6.61 Å². The molecular formula is C7H15NO3. The largest absolute Gasteiger partial charge is 0.468 e. The van der Waals surface area contributed by atoms with E-state index in [0.717, 1.165) is 0 Å². The zero-order chi connectivity index (χ0) is 8.91. The fraction of sp³-hybridized carbons (Fsp3) is 0.857. The number of esters is 1. The molecule has 0 aliphatic heterocycles. The molecule has 0 fully saturated rings. The van der Waals surface area contributed by atoms with Crippen molar-refractivity contribution in [3.05, 3.63) is 0 Å². The molecule has 0 aromatic rings. The van der Waals surface area contributed by atoms with Gasteiger partial charge in [-0.25, -0.2) is 4.79 Å². The second-order valence-corrected chi connectivity index (χ2v) is 2.43. The zero-order valence-corrected chi connectivity index (χ0v) is 7.22. The van der Waals surface area contributed by atoms with Gasteiger partial charge in [0, 0.05) is 7.11 Å². The van der Waals surface area contributed by atoms with Gasteiger partial charge >= 0.3 is 5.97 Å². The molecular weight excluding hydrogens is 146 g/mol. The number of nitrogens with two attached hydrogens (primary N) is 1. The molecule has 0 saturated heterocycles. The fourth-order valence-corrected chi connectivity index (χ4v) is 0.766. The lowest BCUT2D eigenvalue weighted by Crippen LogP contribution is -2.51. The number of rotatable bonds is 4. The SMILES string of the molecule is CC[C@@](N)(COC)C(=O)OC. The molecule has 2 N–H and O–H groups in total. The van der Waals surface area contributed by atoms with Gasteiger partial charge in [-0.3, -0.25) is 0 Å². The van der Waals surface area contributed by atoms with Crippen LogP contribution in [0.15, 0.2) is 0 Å². The van der Waals surface area contributed by atoms with E-state index in [0.29, 0.717) is 6.42 Å². The Balaban J connectivity index is 4.19. The highest BCUT2D eigenvalue weighted by atomic mass is 16.5. The lowest BCUT2D eigenvalue weighted by atomic mass is 9.99. The van der Waals surface area contributed by atoms with E-state index in [9.17, 15) is 4.79 Å². The number of hydrogen-bond donors (Lipinski definition) is 1. The molecule has 0 aromatic heterocycles. The van der Waals surface area contributed by atoms with Gasteiger partial charge in [-0.1, -0.05) is 6.92 Å². The molecule has 4 heteroatoms. The highest BCUT2D eigenvalue weighted by Gasteiger charge is 2.32. The highest BCUT2D eigenvalue weighted by molar-refractivity contribution is 5.80. The topological polar surface area (TPSA) is 61.5 Å². The van der Waals surface area contributed by atoms with E-state index in [4.69, 9.17) is 10.5 Å². The van der Waals surface area contributed by atoms with Crippen LogP contribution in [0.1, 0.15) is 13.3 Å². The first-order valence-electron chi connectivity index (χ1n) is 3.47. The second-order valence-electron chi connectivity index (χ2n) is 2.43. The Morgan fingerprint density at radius 1 is 1.55 bits per heavy atom. The van der Waals surface area contributed by atoms with Crippen LogP contribution >= 0.6 is 0 Å². The van der Waals surface area contributed by atoms with Crippen molar-refractivity contribution in [2.45, 2.75) is 18.9 Å². The molecule has 0 spiro atoms. The summed E-state index contributed by atoms with van der Waals surface area (Å²) < 4.78 is 9.31. The van der Waals surface area contributed by atoms with Crippen LogP contribution in [0.25, 0.3) is 0 Å². The highest BCUT2D eigenvalue weighted by Crippen LogP contribution is 2.08. The van der Waals surface area contributed by atoms with Crippen LogP contribution in [0, 0.1) is 0 Å². The molecule has 0 unspecified atom stereocenters. The molecule has 4 nitrogen and oxygen atoms in total. The summed E-state index contributed by atoms with van der Waals surface area (Å²) in [5.41, 5.74) is 4.68. The Morgan fingerprint density at radius 3 is 2.36 bits per heavy atom. The van der Waals surface area contributed by atoms with Gasteiger partial charge in [0.15, 0.2) is 0 Å². The Bertz CT molecular complexity index is 138. The van der Waals surface area contributed by atoms with Gasteiger partial charge in [0.05, 0.1) is 13.7 Å². The Kier molecular flexibility index (Phi) is 4.07. The van der Waals surface area contributed by atoms with Crippen LogP contribution in [0.4, 0.5) is 0 Å². The maximum absolute atomic E-state index is 11.0. The van der Waals surface area contributed by atoms with Crippen molar-refractivity contribution in [1.29, 1.82) is 0 Å². The lowest BCUT2D eigenvalue weighted by Gasteiger charge is -2.23. The van der Waals surface area contributed by atoms with Crippen LogP contribution in [0.3, 0.4) is 0 Å². The minimum Gasteiger partial charge on any atom is -0.468 e. The van der Waals surface area contributed by atoms with Crippen molar-refractivity contribution < 1.29 is 14.3 Å². The van der Waals surface area contributed by atoms with Crippen LogP contribution in [-0.4, -0.2) is 32.3 Å². The molecule has 0 rings (SSSR count). The molecule has 0 aliphatic carbocycles. The van der Waals surface area contributed by atoms with E-state index in [1.807, 2.05) is 6.92 Å². The van der Waals surface area contributed by atoms with Gasteiger partial charge in [-0.05, 0) is 6.42 Å². The van der Waals surface area contributed by atoms with E-state index < -0.39 is 11.5 Å². The third kappa shape index (κ3) is 2.48. The molecule has 0 bridgehead atoms. The molecule has 0 amide bonds. The van der Waals surface area contributed by atoms with Crippen molar-refractivity contribution in [2.75, 3.05) is 20.8 Å². The quantitative estimate of drug-likeness (QED) is 0.585.